The highest BCUT2D eigenvalue weighted by molar-refractivity contribution is 7.26. The molecular formula is C54H36N2S. The highest BCUT2D eigenvalue weighted by Crippen LogP contribution is 2.51. The molecule has 0 aliphatic rings. The Morgan fingerprint density at radius 2 is 0.895 bits per heavy atom. The molecule has 2 nitrogen and oxygen atoms in total. The van der Waals surface area contributed by atoms with Crippen molar-refractivity contribution < 1.29 is 0 Å². The van der Waals surface area contributed by atoms with Gasteiger partial charge in [0.2, 0.25) is 0 Å². The summed E-state index contributed by atoms with van der Waals surface area (Å²) in [6.45, 7) is 0. The molecule has 3 heteroatoms. The van der Waals surface area contributed by atoms with E-state index in [1.165, 1.54) is 75.4 Å². The largest absolute Gasteiger partial charge is 0.309 e. The zero-order chi connectivity index (χ0) is 37.7. The standard InChI is InChI=1S/C54H36N2S/c1-3-18-37(19-4-1)41-24-7-8-28-46(41)53-42(38-20-5-2-6-21-38)29-16-33-50(53)56(51-34-17-30-47-45-27-11-14-35-52(45)57-54(47)51)40-23-15-22-39(36-40)55-48-31-12-9-25-43(48)44-26-10-13-32-49(44)55/h1-36H. The Bertz CT molecular complexity index is 3190. The molecule has 0 saturated heterocycles. The second-order valence-corrected chi connectivity index (χ2v) is 15.5. The molecule has 9 aromatic carbocycles. The van der Waals surface area contributed by atoms with Crippen LogP contribution in [-0.4, -0.2) is 4.57 Å². The van der Waals surface area contributed by atoms with Gasteiger partial charge in [0.1, 0.15) is 0 Å². The summed E-state index contributed by atoms with van der Waals surface area (Å²) in [6, 6.07) is 79.5. The van der Waals surface area contributed by atoms with Gasteiger partial charge < -0.3 is 9.47 Å². The maximum atomic E-state index is 2.51. The van der Waals surface area contributed by atoms with Gasteiger partial charge in [-0.05, 0) is 76.3 Å². The van der Waals surface area contributed by atoms with Crippen molar-refractivity contribution in [1.29, 1.82) is 0 Å². The highest BCUT2D eigenvalue weighted by atomic mass is 32.1. The van der Waals surface area contributed by atoms with E-state index in [1.54, 1.807) is 0 Å². The van der Waals surface area contributed by atoms with E-state index in [-0.39, 0.29) is 0 Å². The van der Waals surface area contributed by atoms with E-state index in [4.69, 9.17) is 0 Å². The first kappa shape index (κ1) is 33.2. The fourth-order valence-electron chi connectivity index (χ4n) is 8.73. The van der Waals surface area contributed by atoms with Gasteiger partial charge in [0.25, 0.3) is 0 Å². The summed E-state index contributed by atoms with van der Waals surface area (Å²) in [7, 11) is 0. The molecule has 0 unspecified atom stereocenters. The maximum absolute atomic E-state index is 2.51. The number of hydrogen-bond acceptors (Lipinski definition) is 2. The number of benzene rings is 9. The quantitative estimate of drug-likeness (QED) is 0.158. The molecule has 0 fully saturated rings. The van der Waals surface area contributed by atoms with Gasteiger partial charge in [-0.2, -0.15) is 0 Å². The van der Waals surface area contributed by atoms with Crippen LogP contribution < -0.4 is 4.90 Å². The summed E-state index contributed by atoms with van der Waals surface area (Å²) >= 11 is 1.87. The van der Waals surface area contributed by atoms with Gasteiger partial charge in [-0.15, -0.1) is 11.3 Å². The van der Waals surface area contributed by atoms with Crippen LogP contribution in [0.5, 0.6) is 0 Å². The number of anilines is 3. The van der Waals surface area contributed by atoms with Crippen LogP contribution in [0.3, 0.4) is 0 Å². The van der Waals surface area contributed by atoms with E-state index >= 15 is 0 Å². The van der Waals surface area contributed by atoms with Crippen LogP contribution in [0.1, 0.15) is 0 Å². The lowest BCUT2D eigenvalue weighted by molar-refractivity contribution is 1.17. The van der Waals surface area contributed by atoms with Crippen LogP contribution in [-0.2, 0) is 0 Å². The van der Waals surface area contributed by atoms with E-state index in [9.17, 15) is 0 Å². The fraction of sp³-hybridized carbons (Fsp3) is 0. The fourth-order valence-corrected chi connectivity index (χ4v) is 9.93. The first-order chi connectivity index (χ1) is 28.3. The van der Waals surface area contributed by atoms with E-state index in [0.29, 0.717) is 0 Å². The molecule has 2 aromatic heterocycles. The SMILES string of the molecule is c1ccc(-c2ccccc2-c2c(-c3ccccc3)cccc2N(c2cccc(-n3c4ccccc4c4ccccc43)c2)c2cccc3c2sc2ccccc23)cc1. The zero-order valence-electron chi connectivity index (χ0n) is 31.1. The minimum absolute atomic E-state index is 1.09. The third kappa shape index (κ3) is 5.55. The predicted octanol–water partition coefficient (Wildman–Crippen LogP) is 15.6. The van der Waals surface area contributed by atoms with Crippen LogP contribution in [0.15, 0.2) is 218 Å². The van der Waals surface area contributed by atoms with Gasteiger partial charge >= 0.3 is 0 Å². The third-order valence-electron chi connectivity index (χ3n) is 11.2. The van der Waals surface area contributed by atoms with Crippen molar-refractivity contribution in [3.05, 3.63) is 218 Å². The second kappa shape index (κ2) is 13.8. The number of rotatable bonds is 7. The van der Waals surface area contributed by atoms with Crippen molar-refractivity contribution in [1.82, 2.24) is 4.57 Å². The molecule has 0 saturated carbocycles. The first-order valence-corrected chi connectivity index (χ1v) is 20.3. The molecule has 0 spiro atoms. The van der Waals surface area contributed by atoms with Crippen molar-refractivity contribution in [3.8, 4) is 39.1 Å². The van der Waals surface area contributed by atoms with Gasteiger partial charge in [-0.3, -0.25) is 0 Å². The number of thiophene rings is 1. The monoisotopic (exact) mass is 744 g/mol. The molecule has 11 rings (SSSR count). The highest BCUT2D eigenvalue weighted by Gasteiger charge is 2.25. The molecule has 0 radical (unpaired) electrons. The summed E-state index contributed by atoms with van der Waals surface area (Å²) in [6.07, 6.45) is 0. The Morgan fingerprint density at radius 1 is 0.368 bits per heavy atom. The number of aromatic nitrogens is 1. The number of nitrogens with zero attached hydrogens (tertiary/aromatic N) is 2. The van der Waals surface area contributed by atoms with Crippen LogP contribution in [0.25, 0.3) is 81.0 Å². The topological polar surface area (TPSA) is 8.17 Å². The minimum atomic E-state index is 1.09. The lowest BCUT2D eigenvalue weighted by Crippen LogP contribution is -2.12. The van der Waals surface area contributed by atoms with Gasteiger partial charge in [0.15, 0.2) is 0 Å². The molecule has 0 amide bonds. The van der Waals surface area contributed by atoms with E-state index in [0.717, 1.165) is 22.7 Å². The Morgan fingerprint density at radius 3 is 1.63 bits per heavy atom. The molecular weight excluding hydrogens is 709 g/mol. The van der Waals surface area contributed by atoms with Gasteiger partial charge in [0.05, 0.1) is 27.1 Å². The van der Waals surface area contributed by atoms with Crippen molar-refractivity contribution in [3.63, 3.8) is 0 Å². The molecule has 2 heterocycles. The maximum Gasteiger partial charge on any atom is 0.0640 e. The predicted molar refractivity (Wildman–Crippen MR) is 245 cm³/mol. The molecule has 0 bridgehead atoms. The summed E-state index contributed by atoms with van der Waals surface area (Å²) in [5.41, 5.74) is 14.0. The van der Waals surface area contributed by atoms with Gasteiger partial charge in [-0.25, -0.2) is 0 Å². The van der Waals surface area contributed by atoms with Gasteiger partial charge in [0, 0.05) is 43.2 Å². The Balaban J connectivity index is 1.24. The van der Waals surface area contributed by atoms with E-state index < -0.39 is 0 Å². The zero-order valence-corrected chi connectivity index (χ0v) is 31.9. The summed E-state index contributed by atoms with van der Waals surface area (Å²) in [4.78, 5) is 2.51. The van der Waals surface area contributed by atoms with E-state index in [1.807, 2.05) is 11.3 Å². The lowest BCUT2D eigenvalue weighted by Gasteiger charge is -2.30. The average molecular weight is 745 g/mol. The van der Waals surface area contributed by atoms with Crippen LogP contribution in [0.4, 0.5) is 17.1 Å². The summed E-state index contributed by atoms with van der Waals surface area (Å²) < 4.78 is 4.96. The van der Waals surface area contributed by atoms with Crippen molar-refractivity contribution in [2.24, 2.45) is 0 Å². The molecule has 0 N–H and O–H groups in total. The minimum Gasteiger partial charge on any atom is -0.309 e. The Labute approximate surface area is 335 Å². The third-order valence-corrected chi connectivity index (χ3v) is 12.4. The Hall–Kier alpha value is -7.20. The first-order valence-electron chi connectivity index (χ1n) is 19.4. The molecule has 57 heavy (non-hydrogen) atoms. The number of para-hydroxylation sites is 2. The van der Waals surface area contributed by atoms with Crippen molar-refractivity contribution in [2.45, 2.75) is 0 Å². The summed E-state index contributed by atoms with van der Waals surface area (Å²) in [5.74, 6) is 0. The normalized spacial score (nSPS) is 11.5. The second-order valence-electron chi connectivity index (χ2n) is 14.5. The van der Waals surface area contributed by atoms with Crippen LogP contribution in [0, 0.1) is 0 Å². The van der Waals surface area contributed by atoms with Crippen molar-refractivity contribution >= 4 is 70.4 Å². The van der Waals surface area contributed by atoms with Gasteiger partial charge in [-0.1, -0.05) is 170 Å². The number of hydrogen-bond donors (Lipinski definition) is 0. The molecule has 0 atom stereocenters. The molecule has 268 valence electrons. The molecule has 0 aliphatic heterocycles. The Kier molecular flexibility index (Phi) is 8.04. The van der Waals surface area contributed by atoms with E-state index in [2.05, 4.69) is 228 Å². The van der Waals surface area contributed by atoms with Crippen LogP contribution in [0.2, 0.25) is 0 Å². The number of fused-ring (bicyclic) bond motifs is 6. The van der Waals surface area contributed by atoms with Crippen molar-refractivity contribution in [2.75, 3.05) is 4.90 Å². The van der Waals surface area contributed by atoms with Crippen LogP contribution >= 0.6 is 11.3 Å². The average Bonchev–Trinajstić information content (AvgIpc) is 3.84. The lowest BCUT2D eigenvalue weighted by atomic mass is 9.87. The summed E-state index contributed by atoms with van der Waals surface area (Å²) in [5, 5.41) is 5.05. The smallest absolute Gasteiger partial charge is 0.0640 e. The molecule has 0 aliphatic carbocycles. The molecule has 11 aromatic rings.